The number of fused-ring (bicyclic) bond motifs is 1. The van der Waals surface area contributed by atoms with Crippen LogP contribution in [0.3, 0.4) is 0 Å². The maximum atomic E-state index is 12.8. The molecule has 0 saturated carbocycles. The molecule has 3 N–H and O–H groups in total. The molecule has 0 aliphatic heterocycles. The first kappa shape index (κ1) is 8.26. The second kappa shape index (κ2) is 2.85. The summed E-state index contributed by atoms with van der Waals surface area (Å²) in [6, 6.07) is 4.64. The summed E-state index contributed by atoms with van der Waals surface area (Å²) < 4.78 is 12.8. The van der Waals surface area contributed by atoms with Crippen LogP contribution >= 0.6 is 0 Å². The van der Waals surface area contributed by atoms with Crippen molar-refractivity contribution in [3.05, 3.63) is 35.8 Å². The van der Waals surface area contributed by atoms with Crippen LogP contribution in [0.4, 0.5) is 4.39 Å². The number of nitrogens with one attached hydrogen (secondary N) is 1. The third-order valence-corrected chi connectivity index (χ3v) is 2.17. The van der Waals surface area contributed by atoms with E-state index in [1.165, 1.54) is 12.1 Å². The Hall–Kier alpha value is -1.35. The third-order valence-electron chi connectivity index (χ3n) is 2.17. The molecule has 1 aromatic heterocycles. The van der Waals surface area contributed by atoms with Gasteiger partial charge in [0.15, 0.2) is 0 Å². The molecule has 0 bridgehead atoms. The van der Waals surface area contributed by atoms with Crippen LogP contribution in [0.1, 0.15) is 18.5 Å². The van der Waals surface area contributed by atoms with Gasteiger partial charge in [0.05, 0.1) is 0 Å². The molecule has 68 valence electrons. The van der Waals surface area contributed by atoms with E-state index in [1.807, 2.05) is 13.1 Å². The third kappa shape index (κ3) is 1.31. The monoisotopic (exact) mass is 178 g/mol. The summed E-state index contributed by atoms with van der Waals surface area (Å²) in [5.74, 6) is -0.231. The molecule has 0 amide bonds. The first-order chi connectivity index (χ1) is 6.18. The van der Waals surface area contributed by atoms with Crippen molar-refractivity contribution in [1.29, 1.82) is 0 Å². The number of halogens is 1. The van der Waals surface area contributed by atoms with Gasteiger partial charge in [-0.2, -0.15) is 0 Å². The fourth-order valence-corrected chi connectivity index (χ4v) is 1.50. The van der Waals surface area contributed by atoms with Crippen molar-refractivity contribution >= 4 is 10.9 Å². The van der Waals surface area contributed by atoms with Gasteiger partial charge >= 0.3 is 0 Å². The molecule has 0 fully saturated rings. The van der Waals surface area contributed by atoms with Crippen molar-refractivity contribution in [3.63, 3.8) is 0 Å². The Morgan fingerprint density at radius 1 is 1.46 bits per heavy atom. The van der Waals surface area contributed by atoms with E-state index in [9.17, 15) is 4.39 Å². The molecule has 0 aliphatic rings. The maximum absolute atomic E-state index is 12.8. The molecule has 3 heteroatoms. The van der Waals surface area contributed by atoms with Crippen LogP contribution in [-0.2, 0) is 0 Å². The van der Waals surface area contributed by atoms with Gasteiger partial charge in [0.25, 0.3) is 0 Å². The molecule has 0 radical (unpaired) electrons. The Morgan fingerprint density at radius 2 is 2.23 bits per heavy atom. The van der Waals surface area contributed by atoms with Crippen LogP contribution in [0.5, 0.6) is 0 Å². The molecule has 2 rings (SSSR count). The molecule has 0 saturated heterocycles. The number of rotatable bonds is 1. The largest absolute Gasteiger partial charge is 0.361 e. The predicted molar refractivity (Wildman–Crippen MR) is 50.9 cm³/mol. The van der Waals surface area contributed by atoms with E-state index in [0.717, 1.165) is 16.5 Å². The van der Waals surface area contributed by atoms with Gasteiger partial charge in [-0.1, -0.05) is 0 Å². The minimum atomic E-state index is -0.231. The van der Waals surface area contributed by atoms with Gasteiger partial charge in [-0.3, -0.25) is 0 Å². The standard InChI is InChI=1S/C10H11FN2/c1-6(12)9-5-13-10-4-7(11)2-3-8(9)10/h2-6,13H,12H2,1H3/t6-/m0/s1. The summed E-state index contributed by atoms with van der Waals surface area (Å²) in [6.45, 7) is 1.91. The number of aromatic nitrogens is 1. The number of nitrogens with two attached hydrogens (primary N) is 1. The van der Waals surface area contributed by atoms with Crippen LogP contribution in [0.2, 0.25) is 0 Å². The lowest BCUT2D eigenvalue weighted by atomic mass is 10.1. The van der Waals surface area contributed by atoms with Crippen LogP contribution in [0, 0.1) is 5.82 Å². The molecule has 2 aromatic rings. The number of H-pyrrole nitrogens is 1. The van der Waals surface area contributed by atoms with Gasteiger partial charge in [-0.25, -0.2) is 4.39 Å². The van der Waals surface area contributed by atoms with Crippen LogP contribution in [0.25, 0.3) is 10.9 Å². The van der Waals surface area contributed by atoms with Crippen molar-refractivity contribution in [2.45, 2.75) is 13.0 Å². The highest BCUT2D eigenvalue weighted by Gasteiger charge is 2.07. The molecular formula is C10H11FN2. The molecule has 0 unspecified atom stereocenters. The van der Waals surface area contributed by atoms with E-state index in [4.69, 9.17) is 5.73 Å². The highest BCUT2D eigenvalue weighted by atomic mass is 19.1. The lowest BCUT2D eigenvalue weighted by Gasteiger charge is -2.01. The second-order valence-corrected chi connectivity index (χ2v) is 3.22. The van der Waals surface area contributed by atoms with Crippen LogP contribution in [0.15, 0.2) is 24.4 Å². The Bertz CT molecular complexity index is 431. The highest BCUT2D eigenvalue weighted by Crippen LogP contribution is 2.22. The first-order valence-electron chi connectivity index (χ1n) is 4.20. The quantitative estimate of drug-likeness (QED) is 0.691. The number of aromatic amines is 1. The highest BCUT2D eigenvalue weighted by molar-refractivity contribution is 5.83. The SMILES string of the molecule is C[C@H](N)c1c[nH]c2cc(F)ccc12. The molecular weight excluding hydrogens is 167 g/mol. The van der Waals surface area contributed by atoms with E-state index < -0.39 is 0 Å². The molecule has 2 nitrogen and oxygen atoms in total. The lowest BCUT2D eigenvalue weighted by Crippen LogP contribution is -2.03. The summed E-state index contributed by atoms with van der Waals surface area (Å²) in [5, 5.41) is 0.997. The van der Waals surface area contributed by atoms with Crippen LogP contribution < -0.4 is 5.73 Å². The van der Waals surface area contributed by atoms with Gasteiger partial charge in [-0.15, -0.1) is 0 Å². The van der Waals surface area contributed by atoms with Gasteiger partial charge < -0.3 is 10.7 Å². The fourth-order valence-electron chi connectivity index (χ4n) is 1.50. The summed E-state index contributed by atoms with van der Waals surface area (Å²) >= 11 is 0. The van der Waals surface area contributed by atoms with Crippen molar-refractivity contribution < 1.29 is 4.39 Å². The molecule has 13 heavy (non-hydrogen) atoms. The van der Waals surface area contributed by atoms with Gasteiger partial charge in [0.1, 0.15) is 5.82 Å². The van der Waals surface area contributed by atoms with Crippen LogP contribution in [-0.4, -0.2) is 4.98 Å². The predicted octanol–water partition coefficient (Wildman–Crippen LogP) is 2.33. The Balaban J connectivity index is 2.69. The van der Waals surface area contributed by atoms with E-state index >= 15 is 0 Å². The zero-order valence-corrected chi connectivity index (χ0v) is 7.34. The minimum Gasteiger partial charge on any atom is -0.361 e. The Morgan fingerprint density at radius 3 is 2.92 bits per heavy atom. The molecule has 1 aromatic carbocycles. The van der Waals surface area contributed by atoms with Crippen molar-refractivity contribution in [3.8, 4) is 0 Å². The van der Waals surface area contributed by atoms with Gasteiger partial charge in [0, 0.05) is 23.1 Å². The minimum absolute atomic E-state index is 0.0285. The van der Waals surface area contributed by atoms with E-state index in [-0.39, 0.29) is 11.9 Å². The normalized spacial score (nSPS) is 13.5. The van der Waals surface area contributed by atoms with Crippen molar-refractivity contribution in [2.24, 2.45) is 5.73 Å². The molecule has 0 aliphatic carbocycles. The second-order valence-electron chi connectivity index (χ2n) is 3.22. The number of benzene rings is 1. The molecule has 0 spiro atoms. The number of hydrogen-bond donors (Lipinski definition) is 2. The van der Waals surface area contributed by atoms with Crippen molar-refractivity contribution in [1.82, 2.24) is 4.98 Å². The van der Waals surface area contributed by atoms with Gasteiger partial charge in [-0.05, 0) is 30.7 Å². The zero-order chi connectivity index (χ0) is 9.42. The molecule has 1 heterocycles. The van der Waals surface area contributed by atoms with E-state index in [2.05, 4.69) is 4.98 Å². The van der Waals surface area contributed by atoms with E-state index in [1.54, 1.807) is 6.07 Å². The summed E-state index contributed by atoms with van der Waals surface area (Å²) in [6.07, 6.45) is 1.83. The summed E-state index contributed by atoms with van der Waals surface area (Å²) in [5.41, 5.74) is 7.57. The summed E-state index contributed by atoms with van der Waals surface area (Å²) in [7, 11) is 0. The summed E-state index contributed by atoms with van der Waals surface area (Å²) in [4.78, 5) is 2.99. The first-order valence-corrected chi connectivity index (χ1v) is 4.20. The van der Waals surface area contributed by atoms with E-state index in [0.29, 0.717) is 0 Å². The lowest BCUT2D eigenvalue weighted by molar-refractivity contribution is 0.629. The van der Waals surface area contributed by atoms with Gasteiger partial charge in [0.2, 0.25) is 0 Å². The zero-order valence-electron chi connectivity index (χ0n) is 7.34. The number of hydrogen-bond acceptors (Lipinski definition) is 1. The average Bonchev–Trinajstić information content (AvgIpc) is 2.46. The molecule has 1 atom stereocenters. The Kier molecular flexibility index (Phi) is 1.81. The average molecular weight is 178 g/mol. The maximum Gasteiger partial charge on any atom is 0.125 e. The topological polar surface area (TPSA) is 41.8 Å². The fraction of sp³-hybridized carbons (Fsp3) is 0.200. The van der Waals surface area contributed by atoms with Crippen molar-refractivity contribution in [2.75, 3.05) is 0 Å². The smallest absolute Gasteiger partial charge is 0.125 e. The Labute approximate surface area is 75.6 Å².